The third-order valence-electron chi connectivity index (χ3n) is 1.48. The summed E-state index contributed by atoms with van der Waals surface area (Å²) in [7, 11) is 0. The molecule has 0 bridgehead atoms. The maximum atomic E-state index is 11.3. The highest BCUT2D eigenvalue weighted by molar-refractivity contribution is 5.81. The molecule has 1 atom stereocenters. The number of amides is 1. The smallest absolute Gasteiger partial charge is 0.239 e. The first kappa shape index (κ1) is 11.0. The number of nitrogens with zero attached hydrogens (tertiary/aromatic N) is 1. The molecule has 0 saturated carbocycles. The lowest BCUT2D eigenvalue weighted by atomic mass is 10.3. The molecule has 0 aromatic rings. The normalized spacial score (nSPS) is 11.8. The first-order valence-corrected chi connectivity index (χ1v) is 4.11. The first-order valence-electron chi connectivity index (χ1n) is 4.11. The summed E-state index contributed by atoms with van der Waals surface area (Å²) in [6.45, 7) is 4.71. The topological polar surface area (TPSA) is 46.3 Å². The molecule has 3 heteroatoms. The molecule has 1 amide bonds. The van der Waals surface area contributed by atoms with E-state index in [0.29, 0.717) is 13.1 Å². The van der Waals surface area contributed by atoms with Crippen LogP contribution in [0.1, 0.15) is 20.3 Å². The van der Waals surface area contributed by atoms with Gasteiger partial charge in [-0.2, -0.15) is 0 Å². The third-order valence-corrected chi connectivity index (χ3v) is 1.48. The molecule has 0 spiro atoms. The largest absolute Gasteiger partial charge is 0.330 e. The second-order valence-corrected chi connectivity index (χ2v) is 2.75. The van der Waals surface area contributed by atoms with Crippen molar-refractivity contribution >= 4 is 5.91 Å². The van der Waals surface area contributed by atoms with Crippen molar-refractivity contribution in [3.05, 3.63) is 0 Å². The minimum absolute atomic E-state index is 0.0743. The zero-order valence-corrected chi connectivity index (χ0v) is 7.71. The Bertz CT molecular complexity index is 181. The Morgan fingerprint density at radius 3 is 2.67 bits per heavy atom. The fourth-order valence-corrected chi connectivity index (χ4v) is 0.935. The molecule has 0 aromatic heterocycles. The zero-order valence-electron chi connectivity index (χ0n) is 7.71. The molecule has 0 aromatic carbocycles. The molecule has 0 saturated heterocycles. The lowest BCUT2D eigenvalue weighted by Crippen LogP contribution is -2.42. The molecule has 0 unspecified atom stereocenters. The van der Waals surface area contributed by atoms with Crippen molar-refractivity contribution in [2.75, 3.05) is 13.1 Å². The summed E-state index contributed by atoms with van der Waals surface area (Å²) in [6, 6.07) is -0.454. The number of nitrogens with two attached hydrogens (primary N) is 1. The number of carbonyl (C=O) groups excluding carboxylic acids is 1. The highest BCUT2D eigenvalue weighted by Crippen LogP contribution is 1.94. The summed E-state index contributed by atoms with van der Waals surface area (Å²) in [4.78, 5) is 12.9. The molecule has 0 aliphatic carbocycles. The summed E-state index contributed by atoms with van der Waals surface area (Å²) in [5.41, 5.74) is 5.44. The Morgan fingerprint density at radius 2 is 2.33 bits per heavy atom. The van der Waals surface area contributed by atoms with Gasteiger partial charge in [-0.1, -0.05) is 12.8 Å². The third kappa shape index (κ3) is 3.40. The monoisotopic (exact) mass is 168 g/mol. The van der Waals surface area contributed by atoms with Gasteiger partial charge in [-0.25, -0.2) is 0 Å². The van der Waals surface area contributed by atoms with Crippen LogP contribution in [0.5, 0.6) is 0 Å². The van der Waals surface area contributed by atoms with E-state index in [2.05, 4.69) is 5.92 Å². The first-order chi connectivity index (χ1) is 5.63. The van der Waals surface area contributed by atoms with Crippen LogP contribution in [0.3, 0.4) is 0 Å². The lowest BCUT2D eigenvalue weighted by Gasteiger charge is -2.21. The molecule has 68 valence electrons. The van der Waals surface area contributed by atoms with Gasteiger partial charge in [-0.3, -0.25) is 4.79 Å². The van der Waals surface area contributed by atoms with Crippen LogP contribution in [-0.2, 0) is 4.79 Å². The van der Waals surface area contributed by atoms with Gasteiger partial charge < -0.3 is 10.6 Å². The summed E-state index contributed by atoms with van der Waals surface area (Å²) in [5, 5.41) is 0. The van der Waals surface area contributed by atoms with Gasteiger partial charge in [-0.05, 0) is 13.3 Å². The van der Waals surface area contributed by atoms with Gasteiger partial charge in [0.25, 0.3) is 0 Å². The Kier molecular flexibility index (Phi) is 5.14. The van der Waals surface area contributed by atoms with Gasteiger partial charge in [0.1, 0.15) is 0 Å². The van der Waals surface area contributed by atoms with E-state index in [1.807, 2.05) is 6.92 Å². The zero-order chi connectivity index (χ0) is 9.56. The fraction of sp³-hybridized carbons (Fsp3) is 0.667. The lowest BCUT2D eigenvalue weighted by molar-refractivity contribution is -0.131. The predicted octanol–water partition coefficient (Wildman–Crippen LogP) is 0.205. The molecule has 3 nitrogen and oxygen atoms in total. The standard InChI is InChI=1S/C9H16N2O/c1-4-6-11(7-5-2)9(12)8(3)10/h1,8H,5-7,10H2,2-3H3/t8-/m1/s1. The second-order valence-electron chi connectivity index (χ2n) is 2.75. The summed E-state index contributed by atoms with van der Waals surface area (Å²) in [5.74, 6) is 2.36. The molecule has 0 fully saturated rings. The van der Waals surface area contributed by atoms with Crippen molar-refractivity contribution in [2.45, 2.75) is 26.3 Å². The van der Waals surface area contributed by atoms with Gasteiger partial charge in [-0.15, -0.1) is 6.42 Å². The van der Waals surface area contributed by atoms with Crippen LogP contribution >= 0.6 is 0 Å². The van der Waals surface area contributed by atoms with E-state index >= 15 is 0 Å². The van der Waals surface area contributed by atoms with Crippen molar-refractivity contribution in [1.82, 2.24) is 4.90 Å². The van der Waals surface area contributed by atoms with Crippen LogP contribution in [0.25, 0.3) is 0 Å². The van der Waals surface area contributed by atoms with Crippen molar-refractivity contribution in [3.8, 4) is 12.3 Å². The molecular weight excluding hydrogens is 152 g/mol. The number of hydrogen-bond donors (Lipinski definition) is 1. The second kappa shape index (κ2) is 5.62. The van der Waals surface area contributed by atoms with E-state index in [9.17, 15) is 4.79 Å². The average Bonchev–Trinajstić information content (AvgIpc) is 2.03. The molecule has 12 heavy (non-hydrogen) atoms. The molecule has 0 radical (unpaired) electrons. The summed E-state index contributed by atoms with van der Waals surface area (Å²) < 4.78 is 0. The van der Waals surface area contributed by atoms with Gasteiger partial charge in [0.05, 0.1) is 12.6 Å². The van der Waals surface area contributed by atoms with E-state index < -0.39 is 6.04 Å². The Labute approximate surface area is 73.9 Å². The average molecular weight is 168 g/mol. The van der Waals surface area contributed by atoms with Gasteiger partial charge in [0, 0.05) is 6.54 Å². The predicted molar refractivity (Wildman–Crippen MR) is 49.4 cm³/mol. The molecule has 2 N–H and O–H groups in total. The van der Waals surface area contributed by atoms with Crippen molar-refractivity contribution in [2.24, 2.45) is 5.73 Å². The van der Waals surface area contributed by atoms with Crippen LogP contribution in [-0.4, -0.2) is 29.9 Å². The number of rotatable bonds is 4. The van der Waals surface area contributed by atoms with Gasteiger partial charge in [0.15, 0.2) is 0 Å². The summed E-state index contributed by atoms with van der Waals surface area (Å²) in [6.07, 6.45) is 6.02. The highest BCUT2D eigenvalue weighted by atomic mass is 16.2. The Balaban J connectivity index is 4.11. The molecule has 0 aliphatic heterocycles. The molecule has 0 heterocycles. The maximum Gasteiger partial charge on any atom is 0.239 e. The van der Waals surface area contributed by atoms with Crippen molar-refractivity contribution < 1.29 is 4.79 Å². The molecular formula is C9H16N2O. The van der Waals surface area contributed by atoms with E-state index in [1.165, 1.54) is 0 Å². The SMILES string of the molecule is C#CCN(CCC)C(=O)[C@@H](C)N. The van der Waals surface area contributed by atoms with Crippen molar-refractivity contribution in [1.29, 1.82) is 0 Å². The number of hydrogen-bond acceptors (Lipinski definition) is 2. The number of terminal acetylenes is 1. The Hall–Kier alpha value is -1.01. The van der Waals surface area contributed by atoms with Gasteiger partial charge in [0.2, 0.25) is 5.91 Å². The van der Waals surface area contributed by atoms with E-state index in [1.54, 1.807) is 11.8 Å². The summed E-state index contributed by atoms with van der Waals surface area (Å²) >= 11 is 0. The fourth-order valence-electron chi connectivity index (χ4n) is 0.935. The molecule has 0 rings (SSSR count). The van der Waals surface area contributed by atoms with Crippen LogP contribution in [0.15, 0.2) is 0 Å². The van der Waals surface area contributed by atoms with Crippen LogP contribution in [0.2, 0.25) is 0 Å². The van der Waals surface area contributed by atoms with Crippen LogP contribution in [0, 0.1) is 12.3 Å². The van der Waals surface area contributed by atoms with E-state index in [4.69, 9.17) is 12.2 Å². The highest BCUT2D eigenvalue weighted by Gasteiger charge is 2.14. The number of carbonyl (C=O) groups is 1. The van der Waals surface area contributed by atoms with E-state index in [-0.39, 0.29) is 5.91 Å². The molecule has 0 aliphatic rings. The van der Waals surface area contributed by atoms with Crippen molar-refractivity contribution in [3.63, 3.8) is 0 Å². The van der Waals surface area contributed by atoms with Crippen LogP contribution in [0.4, 0.5) is 0 Å². The Morgan fingerprint density at radius 1 is 1.75 bits per heavy atom. The maximum absolute atomic E-state index is 11.3. The van der Waals surface area contributed by atoms with E-state index in [0.717, 1.165) is 6.42 Å². The van der Waals surface area contributed by atoms with Gasteiger partial charge >= 0.3 is 0 Å². The minimum Gasteiger partial charge on any atom is -0.330 e. The quantitative estimate of drug-likeness (QED) is 0.610. The van der Waals surface area contributed by atoms with Crippen LogP contribution < -0.4 is 5.73 Å². The minimum atomic E-state index is -0.454.